The molecule has 0 bridgehead atoms. The minimum atomic E-state index is -0.218. The molecule has 1 aromatic heterocycles. The highest BCUT2D eigenvalue weighted by molar-refractivity contribution is 5.58. The summed E-state index contributed by atoms with van der Waals surface area (Å²) in [4.78, 5) is 4.44. The molecule has 0 amide bonds. The fourth-order valence-electron chi connectivity index (χ4n) is 2.06. The maximum Gasteiger partial charge on any atom is 0.207 e. The zero-order valence-corrected chi connectivity index (χ0v) is 12.1. The monoisotopic (exact) mass is 277 g/mol. The van der Waals surface area contributed by atoms with Gasteiger partial charge in [-0.25, -0.2) is 9.37 Å². The largest absolute Gasteiger partial charge is 0.385 e. The van der Waals surface area contributed by atoms with Crippen molar-refractivity contribution in [2.24, 2.45) is 0 Å². The van der Waals surface area contributed by atoms with Crippen molar-refractivity contribution in [3.05, 3.63) is 41.5 Å². The predicted octanol–water partition coefficient (Wildman–Crippen LogP) is 3.42. The number of ether oxygens (including phenoxy) is 1. The summed E-state index contributed by atoms with van der Waals surface area (Å²) < 4.78 is 20.6. The Bertz CT molecular complexity index is 580. The second kappa shape index (κ2) is 6.52. The summed E-state index contributed by atoms with van der Waals surface area (Å²) in [5.41, 5.74) is 2.26. The smallest absolute Gasteiger partial charge is 0.207 e. The van der Waals surface area contributed by atoms with Gasteiger partial charge < -0.3 is 14.6 Å². The quantitative estimate of drug-likeness (QED) is 0.822. The van der Waals surface area contributed by atoms with E-state index in [-0.39, 0.29) is 5.82 Å². The molecule has 2 rings (SSSR count). The number of aryl methyl sites for hydroxylation is 2. The Morgan fingerprint density at radius 2 is 2.15 bits per heavy atom. The van der Waals surface area contributed by atoms with Crippen molar-refractivity contribution in [2.75, 3.05) is 19.0 Å². The molecular weight excluding hydrogens is 257 g/mol. The molecule has 2 aromatic rings. The maximum atomic E-state index is 13.6. The number of nitrogens with zero attached hydrogens (tertiary/aromatic N) is 2. The number of benzene rings is 1. The topological polar surface area (TPSA) is 39.1 Å². The van der Waals surface area contributed by atoms with E-state index in [1.807, 2.05) is 23.8 Å². The fraction of sp³-hybridized carbons (Fsp3) is 0.400. The van der Waals surface area contributed by atoms with Crippen LogP contribution in [0.25, 0.3) is 0 Å². The molecule has 0 aliphatic heterocycles. The third kappa shape index (κ3) is 3.36. The van der Waals surface area contributed by atoms with Gasteiger partial charge in [-0.2, -0.15) is 0 Å². The van der Waals surface area contributed by atoms with E-state index in [9.17, 15) is 4.39 Å². The van der Waals surface area contributed by atoms with Crippen molar-refractivity contribution in [1.82, 2.24) is 9.55 Å². The van der Waals surface area contributed by atoms with E-state index < -0.39 is 0 Å². The van der Waals surface area contributed by atoms with E-state index in [0.717, 1.165) is 30.3 Å². The van der Waals surface area contributed by atoms with Crippen molar-refractivity contribution in [2.45, 2.75) is 26.8 Å². The van der Waals surface area contributed by atoms with E-state index in [4.69, 9.17) is 4.74 Å². The Kier molecular flexibility index (Phi) is 4.74. The summed E-state index contributed by atoms with van der Waals surface area (Å²) in [6, 6.07) is 4.99. The highest BCUT2D eigenvalue weighted by Gasteiger charge is 2.09. The number of hydrogen-bond donors (Lipinski definition) is 1. The van der Waals surface area contributed by atoms with E-state index >= 15 is 0 Å². The lowest BCUT2D eigenvalue weighted by Crippen LogP contribution is -2.06. The first-order chi connectivity index (χ1) is 9.61. The van der Waals surface area contributed by atoms with Crippen molar-refractivity contribution in [3.8, 4) is 0 Å². The van der Waals surface area contributed by atoms with Crippen LogP contribution in [0.4, 0.5) is 16.0 Å². The van der Waals surface area contributed by atoms with Gasteiger partial charge in [0.05, 0.1) is 5.69 Å². The van der Waals surface area contributed by atoms with Crippen LogP contribution >= 0.6 is 0 Å². The molecule has 1 heterocycles. The standard InChI is InChI=1S/C15H20FN3O/c1-11-10-19(8-5-9-20-3)15(17-11)18-14-7-4-6-13(16)12(14)2/h4,6-7,10H,5,8-9H2,1-3H3,(H,17,18). The first-order valence-electron chi connectivity index (χ1n) is 6.66. The van der Waals surface area contributed by atoms with Gasteiger partial charge in [0.25, 0.3) is 0 Å². The minimum absolute atomic E-state index is 0.218. The molecule has 1 N–H and O–H groups in total. The molecule has 0 fully saturated rings. The molecule has 0 saturated carbocycles. The number of aromatic nitrogens is 2. The molecule has 5 heteroatoms. The summed E-state index contributed by atoms with van der Waals surface area (Å²) in [6.45, 7) is 5.21. The molecule has 0 saturated heterocycles. The van der Waals surface area contributed by atoms with Crippen LogP contribution in [0.2, 0.25) is 0 Å². The third-order valence-electron chi connectivity index (χ3n) is 3.16. The molecule has 108 valence electrons. The van der Waals surface area contributed by atoms with Crippen molar-refractivity contribution < 1.29 is 9.13 Å². The lowest BCUT2D eigenvalue weighted by molar-refractivity contribution is 0.190. The SMILES string of the molecule is COCCCn1cc(C)nc1Nc1cccc(F)c1C. The van der Waals surface area contributed by atoms with E-state index in [1.165, 1.54) is 6.07 Å². The Labute approximate surface area is 118 Å². The lowest BCUT2D eigenvalue weighted by Gasteiger charge is -2.11. The molecule has 0 aliphatic carbocycles. The molecule has 20 heavy (non-hydrogen) atoms. The fourth-order valence-corrected chi connectivity index (χ4v) is 2.06. The Morgan fingerprint density at radius 3 is 2.90 bits per heavy atom. The van der Waals surface area contributed by atoms with Crippen molar-refractivity contribution in [3.63, 3.8) is 0 Å². The molecule has 0 unspecified atom stereocenters. The first kappa shape index (κ1) is 14.5. The van der Waals surface area contributed by atoms with Gasteiger partial charge in [0.2, 0.25) is 5.95 Å². The highest BCUT2D eigenvalue weighted by Crippen LogP contribution is 2.22. The van der Waals surface area contributed by atoms with Crippen LogP contribution in [0, 0.1) is 19.7 Å². The minimum Gasteiger partial charge on any atom is -0.385 e. The maximum absolute atomic E-state index is 13.6. The molecule has 0 spiro atoms. The van der Waals surface area contributed by atoms with Gasteiger partial charge in [-0.1, -0.05) is 6.07 Å². The van der Waals surface area contributed by atoms with Crippen LogP contribution in [0.15, 0.2) is 24.4 Å². The molecule has 1 aromatic carbocycles. The van der Waals surface area contributed by atoms with Crippen molar-refractivity contribution in [1.29, 1.82) is 0 Å². The average molecular weight is 277 g/mol. The van der Waals surface area contributed by atoms with Gasteiger partial charge in [0, 0.05) is 37.7 Å². The summed E-state index contributed by atoms with van der Waals surface area (Å²) in [5, 5.41) is 3.20. The highest BCUT2D eigenvalue weighted by atomic mass is 19.1. The number of nitrogens with one attached hydrogen (secondary N) is 1. The summed E-state index contributed by atoms with van der Waals surface area (Å²) >= 11 is 0. The zero-order chi connectivity index (χ0) is 14.5. The number of imidazole rings is 1. The summed E-state index contributed by atoms with van der Waals surface area (Å²) in [7, 11) is 1.69. The number of methoxy groups -OCH3 is 1. The van der Waals surface area contributed by atoms with Gasteiger partial charge in [-0.15, -0.1) is 0 Å². The number of anilines is 2. The van der Waals surface area contributed by atoms with Crippen molar-refractivity contribution >= 4 is 11.6 Å². The Morgan fingerprint density at radius 1 is 1.35 bits per heavy atom. The van der Waals surface area contributed by atoms with Gasteiger partial charge in [-0.05, 0) is 32.4 Å². The summed E-state index contributed by atoms with van der Waals surface area (Å²) in [6.07, 6.45) is 2.88. The first-order valence-corrected chi connectivity index (χ1v) is 6.66. The van der Waals surface area contributed by atoms with Gasteiger partial charge in [-0.3, -0.25) is 0 Å². The lowest BCUT2D eigenvalue weighted by atomic mass is 10.2. The van der Waals surface area contributed by atoms with Crippen LogP contribution in [-0.2, 0) is 11.3 Å². The second-order valence-corrected chi connectivity index (χ2v) is 4.78. The van der Waals surface area contributed by atoms with Crippen LogP contribution in [0.3, 0.4) is 0 Å². The second-order valence-electron chi connectivity index (χ2n) is 4.78. The molecule has 0 aliphatic rings. The number of hydrogen-bond acceptors (Lipinski definition) is 3. The predicted molar refractivity (Wildman–Crippen MR) is 77.9 cm³/mol. The molecule has 4 nitrogen and oxygen atoms in total. The van der Waals surface area contributed by atoms with Gasteiger partial charge >= 0.3 is 0 Å². The van der Waals surface area contributed by atoms with Gasteiger partial charge in [0.1, 0.15) is 5.82 Å². The molecular formula is C15H20FN3O. The number of halogens is 1. The normalized spacial score (nSPS) is 10.8. The zero-order valence-electron chi connectivity index (χ0n) is 12.1. The van der Waals surface area contributed by atoms with E-state index in [1.54, 1.807) is 20.1 Å². The molecule has 0 radical (unpaired) electrons. The van der Waals surface area contributed by atoms with Crippen LogP contribution in [-0.4, -0.2) is 23.3 Å². The number of rotatable bonds is 6. The van der Waals surface area contributed by atoms with E-state index in [2.05, 4.69) is 10.3 Å². The molecule has 0 atom stereocenters. The summed E-state index contributed by atoms with van der Waals surface area (Å²) in [5.74, 6) is 0.511. The Hall–Kier alpha value is -1.88. The third-order valence-corrected chi connectivity index (χ3v) is 3.16. The van der Waals surface area contributed by atoms with Crippen LogP contribution < -0.4 is 5.32 Å². The van der Waals surface area contributed by atoms with E-state index in [0.29, 0.717) is 12.2 Å². The van der Waals surface area contributed by atoms with Crippen LogP contribution in [0.1, 0.15) is 17.7 Å². The van der Waals surface area contributed by atoms with Crippen LogP contribution in [0.5, 0.6) is 0 Å². The van der Waals surface area contributed by atoms with Gasteiger partial charge in [0.15, 0.2) is 0 Å². The average Bonchev–Trinajstić information content (AvgIpc) is 2.76. The Balaban J connectivity index is 2.18.